The molecule has 1 atom stereocenters. The maximum atomic E-state index is 11.6. The van der Waals surface area contributed by atoms with Gasteiger partial charge in [0.2, 0.25) is 0 Å². The van der Waals surface area contributed by atoms with Gasteiger partial charge in [0, 0.05) is 19.4 Å². The number of nitrogens with two attached hydrogens (primary N) is 1. The molecule has 0 saturated carbocycles. The first kappa shape index (κ1) is 15.8. The molecule has 0 aliphatic rings. The van der Waals surface area contributed by atoms with Gasteiger partial charge in [-0.3, -0.25) is 0 Å². The number of para-hydroxylation sites is 1. The normalized spacial score (nSPS) is 13.2. The zero-order chi connectivity index (χ0) is 14.5. The minimum atomic E-state index is -3.31. The van der Waals surface area contributed by atoms with Crippen molar-refractivity contribution in [1.82, 2.24) is 0 Å². The number of ether oxygens (including phenoxy) is 1. The van der Waals surface area contributed by atoms with Crippen molar-refractivity contribution >= 4 is 21.2 Å². The van der Waals surface area contributed by atoms with Crippen molar-refractivity contribution in [2.45, 2.75) is 30.7 Å². The smallest absolute Gasteiger partial charge is 0.177 e. The summed E-state index contributed by atoms with van der Waals surface area (Å²) < 4.78 is 28.4. The van der Waals surface area contributed by atoms with E-state index in [2.05, 4.69) is 12.2 Å². The Bertz CT molecular complexity index is 509. The topological polar surface area (TPSA) is 81.4 Å². The number of nitrogen functional groups attached to an aromatic ring is 1. The lowest BCUT2D eigenvalue weighted by atomic mass is 10.1. The van der Waals surface area contributed by atoms with E-state index in [0.717, 1.165) is 19.1 Å². The van der Waals surface area contributed by atoms with Crippen LogP contribution in [0.4, 0.5) is 11.4 Å². The Hall–Kier alpha value is -1.27. The van der Waals surface area contributed by atoms with E-state index < -0.39 is 9.84 Å². The van der Waals surface area contributed by atoms with Crippen molar-refractivity contribution in [3.63, 3.8) is 0 Å². The molecule has 0 spiro atoms. The predicted octanol–water partition coefficient (Wildman–Crippen LogP) is 1.90. The van der Waals surface area contributed by atoms with Gasteiger partial charge < -0.3 is 15.8 Å². The standard InChI is InChI=1S/C13H22N2O3S/c1-4-6-10(9-18-2)15-11-7-5-8-12(13(11)14)19(3,16)17/h5,7-8,10,15H,4,6,9,14H2,1-3H3. The summed E-state index contributed by atoms with van der Waals surface area (Å²) in [6.45, 7) is 2.64. The van der Waals surface area contributed by atoms with Crippen molar-refractivity contribution in [1.29, 1.82) is 0 Å². The third-order valence-corrected chi connectivity index (χ3v) is 3.99. The maximum absolute atomic E-state index is 11.6. The second-order valence-electron chi connectivity index (χ2n) is 4.57. The molecule has 0 radical (unpaired) electrons. The maximum Gasteiger partial charge on any atom is 0.177 e. The molecule has 1 rings (SSSR count). The lowest BCUT2D eigenvalue weighted by molar-refractivity contribution is 0.182. The van der Waals surface area contributed by atoms with Crippen molar-refractivity contribution in [2.75, 3.05) is 31.0 Å². The molecule has 1 aromatic carbocycles. The second kappa shape index (κ2) is 6.77. The molecule has 1 unspecified atom stereocenters. The van der Waals surface area contributed by atoms with Gasteiger partial charge in [0.05, 0.1) is 22.9 Å². The van der Waals surface area contributed by atoms with E-state index in [-0.39, 0.29) is 16.6 Å². The van der Waals surface area contributed by atoms with Crippen LogP contribution in [0.25, 0.3) is 0 Å². The van der Waals surface area contributed by atoms with Crippen LogP contribution in [0.5, 0.6) is 0 Å². The highest BCUT2D eigenvalue weighted by molar-refractivity contribution is 7.90. The van der Waals surface area contributed by atoms with Crippen molar-refractivity contribution in [3.8, 4) is 0 Å². The largest absolute Gasteiger partial charge is 0.396 e. The number of anilines is 2. The van der Waals surface area contributed by atoms with Gasteiger partial charge in [-0.2, -0.15) is 0 Å². The fraction of sp³-hybridized carbons (Fsp3) is 0.538. The van der Waals surface area contributed by atoms with Gasteiger partial charge in [0.15, 0.2) is 9.84 Å². The highest BCUT2D eigenvalue weighted by Crippen LogP contribution is 2.27. The van der Waals surface area contributed by atoms with E-state index in [1.54, 1.807) is 19.2 Å². The molecule has 6 heteroatoms. The zero-order valence-electron chi connectivity index (χ0n) is 11.6. The number of nitrogens with one attached hydrogen (secondary N) is 1. The predicted molar refractivity (Wildman–Crippen MR) is 78.2 cm³/mol. The van der Waals surface area contributed by atoms with Crippen molar-refractivity contribution in [2.24, 2.45) is 0 Å². The van der Waals surface area contributed by atoms with Crippen LogP contribution in [-0.2, 0) is 14.6 Å². The van der Waals surface area contributed by atoms with Gasteiger partial charge in [-0.05, 0) is 18.6 Å². The van der Waals surface area contributed by atoms with Gasteiger partial charge in [-0.25, -0.2) is 8.42 Å². The summed E-state index contributed by atoms with van der Waals surface area (Å²) >= 11 is 0. The Morgan fingerprint density at radius 3 is 2.63 bits per heavy atom. The van der Waals surface area contributed by atoms with Crippen molar-refractivity contribution in [3.05, 3.63) is 18.2 Å². The molecule has 0 aliphatic carbocycles. The SMILES string of the molecule is CCCC(COC)Nc1cccc(S(C)(=O)=O)c1N. The van der Waals surface area contributed by atoms with Crippen LogP contribution >= 0.6 is 0 Å². The Morgan fingerprint density at radius 1 is 1.42 bits per heavy atom. The number of hydrogen-bond donors (Lipinski definition) is 2. The quantitative estimate of drug-likeness (QED) is 0.748. The third-order valence-electron chi connectivity index (χ3n) is 2.83. The van der Waals surface area contributed by atoms with Gasteiger partial charge >= 0.3 is 0 Å². The lowest BCUT2D eigenvalue weighted by Gasteiger charge is -2.20. The zero-order valence-corrected chi connectivity index (χ0v) is 12.5. The molecule has 0 heterocycles. The number of rotatable bonds is 7. The molecular formula is C13H22N2O3S. The first-order valence-corrected chi connectivity index (χ1v) is 8.13. The Labute approximate surface area is 115 Å². The average Bonchev–Trinajstić information content (AvgIpc) is 2.31. The minimum Gasteiger partial charge on any atom is -0.396 e. The van der Waals surface area contributed by atoms with Gasteiger partial charge in [0.25, 0.3) is 0 Å². The van der Waals surface area contributed by atoms with Crippen LogP contribution in [0.15, 0.2) is 23.1 Å². The molecular weight excluding hydrogens is 264 g/mol. The fourth-order valence-electron chi connectivity index (χ4n) is 1.96. The Balaban J connectivity index is 3.01. The summed E-state index contributed by atoms with van der Waals surface area (Å²) in [5, 5.41) is 3.25. The fourth-order valence-corrected chi connectivity index (χ4v) is 2.80. The highest BCUT2D eigenvalue weighted by atomic mass is 32.2. The second-order valence-corrected chi connectivity index (χ2v) is 6.56. The molecule has 19 heavy (non-hydrogen) atoms. The first-order valence-electron chi connectivity index (χ1n) is 6.24. The summed E-state index contributed by atoms with van der Waals surface area (Å²) in [4.78, 5) is 0.158. The average molecular weight is 286 g/mol. The lowest BCUT2D eigenvalue weighted by Crippen LogP contribution is -2.25. The van der Waals surface area contributed by atoms with Crippen molar-refractivity contribution < 1.29 is 13.2 Å². The van der Waals surface area contributed by atoms with Crippen LogP contribution in [0.1, 0.15) is 19.8 Å². The summed E-state index contributed by atoms with van der Waals surface area (Å²) in [5.74, 6) is 0. The van der Waals surface area contributed by atoms with E-state index in [1.807, 2.05) is 0 Å². The number of hydrogen-bond acceptors (Lipinski definition) is 5. The van der Waals surface area contributed by atoms with Crippen LogP contribution < -0.4 is 11.1 Å². The number of methoxy groups -OCH3 is 1. The van der Waals surface area contributed by atoms with Gasteiger partial charge in [-0.1, -0.05) is 19.4 Å². The van der Waals surface area contributed by atoms with Crippen LogP contribution in [0.2, 0.25) is 0 Å². The molecule has 0 fully saturated rings. The monoisotopic (exact) mass is 286 g/mol. The first-order chi connectivity index (χ1) is 8.90. The third kappa shape index (κ3) is 4.40. The molecule has 0 aliphatic heterocycles. The molecule has 0 aromatic heterocycles. The van der Waals surface area contributed by atoms with E-state index in [4.69, 9.17) is 10.5 Å². The Morgan fingerprint density at radius 2 is 2.11 bits per heavy atom. The van der Waals surface area contributed by atoms with E-state index in [1.165, 1.54) is 6.07 Å². The minimum absolute atomic E-state index is 0.118. The molecule has 1 aromatic rings. The molecule has 108 valence electrons. The van der Waals surface area contributed by atoms with Gasteiger partial charge in [0.1, 0.15) is 0 Å². The summed E-state index contributed by atoms with van der Waals surface area (Å²) in [5.41, 5.74) is 6.83. The Kier molecular flexibility index (Phi) is 5.62. The number of sulfone groups is 1. The molecule has 0 saturated heterocycles. The molecule has 0 amide bonds. The van der Waals surface area contributed by atoms with E-state index in [0.29, 0.717) is 12.3 Å². The van der Waals surface area contributed by atoms with Crippen LogP contribution in [0, 0.1) is 0 Å². The van der Waals surface area contributed by atoms with Gasteiger partial charge in [-0.15, -0.1) is 0 Å². The highest BCUT2D eigenvalue weighted by Gasteiger charge is 2.16. The summed E-state index contributed by atoms with van der Waals surface area (Å²) in [6, 6.07) is 5.10. The summed E-state index contributed by atoms with van der Waals surface area (Å²) in [6.07, 6.45) is 3.09. The number of benzene rings is 1. The molecule has 3 N–H and O–H groups in total. The van der Waals surface area contributed by atoms with E-state index >= 15 is 0 Å². The molecule has 0 bridgehead atoms. The van der Waals surface area contributed by atoms with E-state index in [9.17, 15) is 8.42 Å². The molecule has 5 nitrogen and oxygen atoms in total. The van der Waals surface area contributed by atoms with Crippen LogP contribution in [-0.4, -0.2) is 34.4 Å². The van der Waals surface area contributed by atoms with Crippen LogP contribution in [0.3, 0.4) is 0 Å². The summed E-state index contributed by atoms with van der Waals surface area (Å²) in [7, 11) is -1.67.